The van der Waals surface area contributed by atoms with Gasteiger partial charge < -0.3 is 135 Å². The van der Waals surface area contributed by atoms with Crippen molar-refractivity contribution in [2.75, 3.05) is 46.2 Å². The van der Waals surface area contributed by atoms with Gasteiger partial charge >= 0.3 is 0 Å². The molecule has 0 spiro atoms. The molecular formula is C40H70N2O27. The highest BCUT2D eigenvalue weighted by Crippen LogP contribution is 2.36. The number of rotatable bonds is 22. The van der Waals surface area contributed by atoms with Crippen LogP contribution in [0, 0.1) is 0 Å². The summed E-state index contributed by atoms with van der Waals surface area (Å²) in [5.41, 5.74) is 0. The molecule has 5 heterocycles. The summed E-state index contributed by atoms with van der Waals surface area (Å²) >= 11 is 0. The Labute approximate surface area is 394 Å². The van der Waals surface area contributed by atoms with Gasteiger partial charge in [-0.15, -0.1) is 0 Å². The molecular weight excluding hydrogens is 940 g/mol. The Bertz CT molecular complexity index is 1560. The monoisotopic (exact) mass is 1010 g/mol. The fourth-order valence-corrected chi connectivity index (χ4v) is 8.48. The fraction of sp³-hybridized carbons (Fsp3) is 0.950. The van der Waals surface area contributed by atoms with Gasteiger partial charge in [-0.3, -0.25) is 9.59 Å². The predicted octanol–water partition coefficient (Wildman–Crippen LogP) is -10.1. The predicted molar refractivity (Wildman–Crippen MR) is 219 cm³/mol. The van der Waals surface area contributed by atoms with E-state index in [0.29, 0.717) is 12.8 Å². The molecule has 5 fully saturated rings. The highest BCUT2D eigenvalue weighted by molar-refractivity contribution is 5.75. The van der Waals surface area contributed by atoms with E-state index in [1.807, 2.05) is 6.92 Å². The topological polar surface area (TPSA) is 454 Å². The number of aliphatic hydroxyl groups excluding tert-OH is 15. The van der Waals surface area contributed by atoms with E-state index in [2.05, 4.69) is 10.6 Å². The number of hydrogen-bond acceptors (Lipinski definition) is 27. The van der Waals surface area contributed by atoms with Crippen molar-refractivity contribution in [3.63, 3.8) is 0 Å². The summed E-state index contributed by atoms with van der Waals surface area (Å²) in [4.78, 5) is 24.4. The van der Waals surface area contributed by atoms with Crippen LogP contribution >= 0.6 is 0 Å². The number of aliphatic hydroxyl groups is 15. The van der Waals surface area contributed by atoms with Crippen LogP contribution in [0.2, 0.25) is 0 Å². The molecule has 0 bridgehead atoms. The molecule has 0 saturated carbocycles. The summed E-state index contributed by atoms with van der Waals surface area (Å²) in [7, 11) is 0. The number of carbonyl (C=O) groups is 2. The molecule has 5 saturated heterocycles. The summed E-state index contributed by atoms with van der Waals surface area (Å²) in [6, 6.07) is -1.73. The van der Waals surface area contributed by atoms with Gasteiger partial charge in [0.2, 0.25) is 11.8 Å². The lowest BCUT2D eigenvalue weighted by molar-refractivity contribution is -0.387. The van der Waals surface area contributed by atoms with Crippen LogP contribution in [0.1, 0.15) is 39.5 Å². The van der Waals surface area contributed by atoms with Crippen LogP contribution in [0.4, 0.5) is 0 Å². The van der Waals surface area contributed by atoms with Gasteiger partial charge in [0, 0.05) is 19.9 Å². The Morgan fingerprint density at radius 1 is 0.464 bits per heavy atom. The Hall–Kier alpha value is -2.06. The summed E-state index contributed by atoms with van der Waals surface area (Å²) in [5, 5.41) is 165. The molecule has 69 heavy (non-hydrogen) atoms. The summed E-state index contributed by atoms with van der Waals surface area (Å²) in [6.45, 7) is -1.39. The van der Waals surface area contributed by atoms with Crippen LogP contribution in [0.25, 0.3) is 0 Å². The number of ether oxygens (including phenoxy) is 10. The number of carbonyl (C=O) groups excluding carboxylic acids is 2. The Morgan fingerprint density at radius 3 is 1.38 bits per heavy atom. The second kappa shape index (κ2) is 26.8. The molecule has 0 aromatic carbocycles. The minimum atomic E-state index is -2.10. The third kappa shape index (κ3) is 13.8. The van der Waals surface area contributed by atoms with Crippen molar-refractivity contribution in [2.45, 2.75) is 193 Å². The lowest BCUT2D eigenvalue weighted by atomic mass is 9.94. The van der Waals surface area contributed by atoms with E-state index >= 15 is 0 Å². The molecule has 0 aliphatic carbocycles. The third-order valence-corrected chi connectivity index (χ3v) is 12.4. The van der Waals surface area contributed by atoms with E-state index in [1.165, 1.54) is 0 Å². The zero-order valence-corrected chi connectivity index (χ0v) is 37.8. The van der Waals surface area contributed by atoms with Crippen molar-refractivity contribution in [2.24, 2.45) is 0 Å². The van der Waals surface area contributed by atoms with E-state index in [1.54, 1.807) is 0 Å². The first kappa shape index (κ1) is 57.8. The second-order valence-electron chi connectivity index (χ2n) is 17.3. The van der Waals surface area contributed by atoms with E-state index in [4.69, 9.17) is 47.4 Å². The van der Waals surface area contributed by atoms with Crippen molar-refractivity contribution in [3.8, 4) is 0 Å². The van der Waals surface area contributed by atoms with E-state index in [9.17, 15) is 86.2 Å². The summed E-state index contributed by atoms with van der Waals surface area (Å²) in [6.07, 6.45) is -41.5. The lowest BCUT2D eigenvalue weighted by Gasteiger charge is -2.50. The Balaban J connectivity index is 1.28. The lowest BCUT2D eigenvalue weighted by Crippen LogP contribution is -2.70. The van der Waals surface area contributed by atoms with E-state index < -0.39 is 192 Å². The van der Waals surface area contributed by atoms with Crippen molar-refractivity contribution < 1.29 is 134 Å². The maximum absolute atomic E-state index is 12.5. The van der Waals surface area contributed by atoms with Crippen LogP contribution in [0.3, 0.4) is 0 Å². The molecule has 0 radical (unpaired) electrons. The SMILES string of the molecule is CCCCC(=O)NCCCO[C@H]1O[C@@H](CO)[C@@H](O[C@@H]2OC(CO)[C@H](O)C(O[C@@H]3OC(CO)[C@@H](O[C@@H]4O[C@@H](CO)[C@H](O)C(O[C@H]5O[C@@H](CO)[C@H](O)C(O)C5O)C4O)C(O)[C@@H]3NC(C)=O)[C@@H]2O)C(O)C1O. The van der Waals surface area contributed by atoms with Gasteiger partial charge in [0.25, 0.3) is 0 Å². The van der Waals surface area contributed by atoms with Crippen molar-refractivity contribution in [1.29, 1.82) is 0 Å². The molecule has 2 amide bonds. The molecule has 29 heteroatoms. The largest absolute Gasteiger partial charge is 0.394 e. The van der Waals surface area contributed by atoms with E-state index in [0.717, 1.165) is 19.8 Å². The van der Waals surface area contributed by atoms with Crippen LogP contribution in [0.15, 0.2) is 0 Å². The average molecular weight is 1010 g/mol. The fourth-order valence-electron chi connectivity index (χ4n) is 8.48. The molecule has 0 aromatic rings. The number of nitrogens with one attached hydrogen (secondary N) is 2. The molecule has 17 N–H and O–H groups in total. The zero-order chi connectivity index (χ0) is 50.9. The second-order valence-corrected chi connectivity index (χ2v) is 17.3. The van der Waals surface area contributed by atoms with Crippen molar-refractivity contribution >= 4 is 11.8 Å². The van der Waals surface area contributed by atoms with Crippen LogP contribution in [-0.2, 0) is 57.0 Å². The normalized spacial score (nSPS) is 45.2. The molecule has 5 rings (SSSR count). The smallest absolute Gasteiger partial charge is 0.219 e. The van der Waals surface area contributed by atoms with Gasteiger partial charge in [-0.1, -0.05) is 13.3 Å². The molecule has 0 aromatic heterocycles. The van der Waals surface area contributed by atoms with Gasteiger partial charge in [-0.2, -0.15) is 0 Å². The number of hydrogen-bond donors (Lipinski definition) is 17. The number of amides is 2. The average Bonchev–Trinajstić information content (AvgIpc) is 3.33. The van der Waals surface area contributed by atoms with Crippen LogP contribution in [-0.4, -0.2) is 288 Å². The Kier molecular flexibility index (Phi) is 22.4. The summed E-state index contributed by atoms with van der Waals surface area (Å²) < 4.78 is 56.9. The first-order chi connectivity index (χ1) is 32.8. The zero-order valence-electron chi connectivity index (χ0n) is 37.8. The maximum atomic E-state index is 12.5. The maximum Gasteiger partial charge on any atom is 0.219 e. The molecule has 25 atom stereocenters. The van der Waals surface area contributed by atoms with Gasteiger partial charge in [-0.25, -0.2) is 0 Å². The molecule has 5 aliphatic heterocycles. The molecule has 402 valence electrons. The minimum Gasteiger partial charge on any atom is -0.394 e. The van der Waals surface area contributed by atoms with Crippen molar-refractivity contribution in [1.82, 2.24) is 10.6 Å². The number of unbranched alkanes of at least 4 members (excludes halogenated alkanes) is 1. The minimum absolute atomic E-state index is 0.0400. The quantitative estimate of drug-likeness (QED) is 0.0448. The van der Waals surface area contributed by atoms with Gasteiger partial charge in [0.15, 0.2) is 31.5 Å². The van der Waals surface area contributed by atoms with Crippen LogP contribution in [0.5, 0.6) is 0 Å². The molecule has 29 nitrogen and oxygen atoms in total. The summed E-state index contributed by atoms with van der Waals surface area (Å²) in [5.74, 6) is -0.959. The molecule has 5 aliphatic rings. The molecule has 10 unspecified atom stereocenters. The third-order valence-electron chi connectivity index (χ3n) is 12.4. The first-order valence-corrected chi connectivity index (χ1v) is 22.7. The van der Waals surface area contributed by atoms with Crippen molar-refractivity contribution in [3.05, 3.63) is 0 Å². The standard InChI is InChI=1S/C40H70N2O27/c1-3-4-6-20(49)41-7-5-8-60-37-29(57)27(55)33(19(13-47)65-37)67-40-30(58)34(23(51)16(10-44)63-40)68-36-21(42-14(2)48)25(53)32(18(12-46)64-36)66-39-31(59)35(24(52)17(11-45)62-39)69-38-28(56)26(54)22(50)15(9-43)61-38/h15-19,21-40,43-47,50-59H,3-13H2,1-2H3,(H,41,49)(H,42,48)/t15-,16?,17-,18?,19-,21-,22-,23-,24-,25?,26?,27?,28?,29?,30-,31?,32+,33+,34?,35?,36-,37-,38+,39-,40-/m0/s1. The highest BCUT2D eigenvalue weighted by Gasteiger charge is 2.57. The van der Waals surface area contributed by atoms with Gasteiger partial charge in [0.1, 0.15) is 122 Å². The van der Waals surface area contributed by atoms with E-state index in [-0.39, 0.29) is 19.1 Å². The first-order valence-electron chi connectivity index (χ1n) is 22.7. The van der Waals surface area contributed by atoms with Gasteiger partial charge in [-0.05, 0) is 12.8 Å². The Morgan fingerprint density at radius 2 is 0.884 bits per heavy atom. The highest BCUT2D eigenvalue weighted by atomic mass is 16.8. The van der Waals surface area contributed by atoms with Gasteiger partial charge in [0.05, 0.1) is 39.6 Å². The van der Waals surface area contributed by atoms with Crippen LogP contribution < -0.4 is 10.6 Å².